The molecule has 6 heteroatoms. The number of carbonyl (C=O) groups excluding carboxylic acids is 1. The van der Waals surface area contributed by atoms with Crippen molar-refractivity contribution >= 4 is 27.9 Å². The molecule has 0 aliphatic rings. The predicted molar refractivity (Wildman–Crippen MR) is 65.5 cm³/mol. The first kappa shape index (κ1) is 12.1. The quantitative estimate of drug-likeness (QED) is 0.684. The number of anilines is 2. The lowest BCUT2D eigenvalue weighted by atomic mass is 10.2. The van der Waals surface area contributed by atoms with Gasteiger partial charge in [0.15, 0.2) is 0 Å². The van der Waals surface area contributed by atoms with E-state index in [0.717, 1.165) is 11.3 Å². The minimum Gasteiger partial charge on any atom is -0.396 e. The number of thiophene rings is 1. The Balaban J connectivity index is 3.06. The van der Waals surface area contributed by atoms with Crippen LogP contribution in [-0.2, 0) is 0 Å². The van der Waals surface area contributed by atoms with Crippen molar-refractivity contribution in [2.24, 2.45) is 0 Å². The van der Waals surface area contributed by atoms with Crippen LogP contribution < -0.4 is 16.4 Å². The van der Waals surface area contributed by atoms with Crippen molar-refractivity contribution in [3.05, 3.63) is 23.1 Å². The molecule has 0 aliphatic carbocycles. The number of nitrogens with zero attached hydrogens (tertiary/aromatic N) is 1. The number of nitriles is 1. The summed E-state index contributed by atoms with van der Waals surface area (Å²) in [6.07, 6.45) is 1.58. The highest BCUT2D eigenvalue weighted by molar-refractivity contribution is 7.18. The normalized spacial score (nSPS) is 9.25. The first-order chi connectivity index (χ1) is 7.65. The SMILES string of the molecule is C=CCNC(=O)c1sc(NC)c(C#N)c1N. The van der Waals surface area contributed by atoms with E-state index >= 15 is 0 Å². The number of amides is 1. The van der Waals surface area contributed by atoms with Gasteiger partial charge in [-0.25, -0.2) is 0 Å². The summed E-state index contributed by atoms with van der Waals surface area (Å²) in [5, 5.41) is 14.9. The third kappa shape index (κ3) is 2.15. The monoisotopic (exact) mass is 236 g/mol. The molecule has 5 nitrogen and oxygen atoms in total. The van der Waals surface area contributed by atoms with Crippen molar-refractivity contribution in [3.8, 4) is 6.07 Å². The van der Waals surface area contributed by atoms with E-state index in [2.05, 4.69) is 17.2 Å². The van der Waals surface area contributed by atoms with Gasteiger partial charge < -0.3 is 16.4 Å². The number of hydrogen-bond donors (Lipinski definition) is 3. The first-order valence-corrected chi connectivity index (χ1v) is 5.36. The Morgan fingerprint density at radius 1 is 1.75 bits per heavy atom. The summed E-state index contributed by atoms with van der Waals surface area (Å²) in [6, 6.07) is 1.97. The summed E-state index contributed by atoms with van der Waals surface area (Å²) in [7, 11) is 1.68. The van der Waals surface area contributed by atoms with Crippen LogP contribution in [0.15, 0.2) is 12.7 Å². The Hall–Kier alpha value is -2.00. The summed E-state index contributed by atoms with van der Waals surface area (Å²) in [5.74, 6) is -0.291. The van der Waals surface area contributed by atoms with Gasteiger partial charge >= 0.3 is 0 Å². The Morgan fingerprint density at radius 2 is 2.44 bits per heavy atom. The second-order valence-corrected chi connectivity index (χ2v) is 3.93. The maximum absolute atomic E-state index is 11.7. The molecule has 4 N–H and O–H groups in total. The maximum Gasteiger partial charge on any atom is 0.263 e. The average Bonchev–Trinajstić information content (AvgIpc) is 2.62. The fourth-order valence-corrected chi connectivity index (χ4v) is 2.09. The highest BCUT2D eigenvalue weighted by Crippen LogP contribution is 2.34. The smallest absolute Gasteiger partial charge is 0.263 e. The van der Waals surface area contributed by atoms with E-state index in [1.54, 1.807) is 13.1 Å². The Labute approximate surface area is 97.6 Å². The van der Waals surface area contributed by atoms with Crippen LogP contribution in [0.1, 0.15) is 15.2 Å². The maximum atomic E-state index is 11.7. The van der Waals surface area contributed by atoms with Crippen molar-refractivity contribution in [2.45, 2.75) is 0 Å². The number of nitrogens with one attached hydrogen (secondary N) is 2. The van der Waals surface area contributed by atoms with Gasteiger partial charge in [-0.15, -0.1) is 17.9 Å². The van der Waals surface area contributed by atoms with Crippen LogP contribution in [0.4, 0.5) is 10.7 Å². The van der Waals surface area contributed by atoms with E-state index in [1.165, 1.54) is 0 Å². The highest BCUT2D eigenvalue weighted by atomic mass is 32.1. The van der Waals surface area contributed by atoms with Crippen molar-refractivity contribution in [2.75, 3.05) is 24.6 Å². The molecule has 1 rings (SSSR count). The van der Waals surface area contributed by atoms with Crippen LogP contribution in [-0.4, -0.2) is 19.5 Å². The van der Waals surface area contributed by atoms with Gasteiger partial charge in [-0.3, -0.25) is 4.79 Å². The van der Waals surface area contributed by atoms with Crippen LogP contribution in [0.2, 0.25) is 0 Å². The molecule has 0 saturated heterocycles. The highest BCUT2D eigenvalue weighted by Gasteiger charge is 2.19. The third-order valence-electron chi connectivity index (χ3n) is 1.90. The topological polar surface area (TPSA) is 90.9 Å². The van der Waals surface area contributed by atoms with Gasteiger partial charge in [-0.05, 0) is 0 Å². The van der Waals surface area contributed by atoms with E-state index in [4.69, 9.17) is 11.0 Å². The zero-order valence-electron chi connectivity index (χ0n) is 8.83. The van der Waals surface area contributed by atoms with Crippen LogP contribution >= 0.6 is 11.3 Å². The van der Waals surface area contributed by atoms with Crippen molar-refractivity contribution in [3.63, 3.8) is 0 Å². The molecular formula is C10H12N4OS. The van der Waals surface area contributed by atoms with Crippen LogP contribution in [0.3, 0.4) is 0 Å². The molecule has 1 aromatic rings. The van der Waals surface area contributed by atoms with Gasteiger partial charge in [0, 0.05) is 13.6 Å². The third-order valence-corrected chi connectivity index (χ3v) is 3.12. The molecule has 0 radical (unpaired) electrons. The summed E-state index contributed by atoms with van der Waals surface area (Å²) in [4.78, 5) is 12.0. The van der Waals surface area contributed by atoms with E-state index in [-0.39, 0.29) is 11.6 Å². The second-order valence-electron chi connectivity index (χ2n) is 2.91. The molecule has 0 aromatic carbocycles. The van der Waals surface area contributed by atoms with Crippen molar-refractivity contribution in [1.29, 1.82) is 5.26 Å². The molecular weight excluding hydrogens is 224 g/mol. The number of rotatable bonds is 4. The average molecular weight is 236 g/mol. The van der Waals surface area contributed by atoms with E-state index in [1.807, 2.05) is 6.07 Å². The molecule has 1 heterocycles. The number of nitrogens with two attached hydrogens (primary N) is 1. The van der Waals surface area contributed by atoms with Crippen molar-refractivity contribution < 1.29 is 4.79 Å². The first-order valence-electron chi connectivity index (χ1n) is 4.54. The lowest BCUT2D eigenvalue weighted by Crippen LogP contribution is -2.23. The van der Waals surface area contributed by atoms with E-state index < -0.39 is 0 Å². The molecule has 0 saturated carbocycles. The van der Waals surface area contributed by atoms with E-state index in [9.17, 15) is 4.79 Å². The van der Waals surface area contributed by atoms with Gasteiger partial charge in [0.2, 0.25) is 0 Å². The summed E-state index contributed by atoms with van der Waals surface area (Å²) in [5.41, 5.74) is 6.26. The lowest BCUT2D eigenvalue weighted by molar-refractivity contribution is 0.0963. The number of hydrogen-bond acceptors (Lipinski definition) is 5. The molecule has 0 atom stereocenters. The van der Waals surface area contributed by atoms with E-state index in [0.29, 0.717) is 22.0 Å². The van der Waals surface area contributed by atoms with Gasteiger partial charge in [-0.1, -0.05) is 6.08 Å². The molecule has 0 spiro atoms. The Kier molecular flexibility index (Phi) is 3.91. The fourth-order valence-electron chi connectivity index (χ4n) is 1.14. The number of carbonyl (C=O) groups is 1. The second kappa shape index (κ2) is 5.19. The van der Waals surface area contributed by atoms with Gasteiger partial charge in [0.25, 0.3) is 5.91 Å². The van der Waals surface area contributed by atoms with Gasteiger partial charge in [-0.2, -0.15) is 5.26 Å². The van der Waals surface area contributed by atoms with Crippen molar-refractivity contribution in [1.82, 2.24) is 5.32 Å². The largest absolute Gasteiger partial charge is 0.396 e. The fraction of sp³-hybridized carbons (Fsp3) is 0.200. The standard InChI is InChI=1S/C10H12N4OS/c1-3-4-14-9(15)8-7(12)6(5-11)10(13-2)16-8/h3,13H,1,4,12H2,2H3,(H,14,15). The van der Waals surface area contributed by atoms with Crippen LogP contribution in [0.25, 0.3) is 0 Å². The molecule has 0 fully saturated rings. The molecule has 16 heavy (non-hydrogen) atoms. The van der Waals surface area contributed by atoms with Crippen LogP contribution in [0, 0.1) is 11.3 Å². The molecule has 84 valence electrons. The number of nitrogen functional groups attached to an aromatic ring is 1. The minimum atomic E-state index is -0.291. The summed E-state index contributed by atoms with van der Waals surface area (Å²) in [6.45, 7) is 3.86. The molecule has 0 bridgehead atoms. The zero-order chi connectivity index (χ0) is 12.1. The predicted octanol–water partition coefficient (Wildman–Crippen LogP) is 1.16. The molecule has 1 amide bonds. The summed E-state index contributed by atoms with van der Waals surface area (Å²) >= 11 is 1.16. The van der Waals surface area contributed by atoms with Crippen LogP contribution in [0.5, 0.6) is 0 Å². The van der Waals surface area contributed by atoms with Gasteiger partial charge in [0.1, 0.15) is 21.5 Å². The Morgan fingerprint density at radius 3 is 2.88 bits per heavy atom. The lowest BCUT2D eigenvalue weighted by Gasteiger charge is -1.99. The summed E-state index contributed by atoms with van der Waals surface area (Å²) < 4.78 is 0. The molecule has 1 aromatic heterocycles. The Bertz CT molecular complexity index is 458. The molecule has 0 aliphatic heterocycles. The zero-order valence-corrected chi connectivity index (χ0v) is 9.65. The molecule has 0 unspecified atom stereocenters. The minimum absolute atomic E-state index is 0.221. The van der Waals surface area contributed by atoms with Gasteiger partial charge in [0.05, 0.1) is 5.69 Å².